The van der Waals surface area contributed by atoms with Crippen molar-refractivity contribution in [1.29, 1.82) is 0 Å². The number of nitrogens with zero attached hydrogens (tertiary/aromatic N) is 1. The molecule has 3 heteroatoms. The molecule has 0 spiro atoms. The van der Waals surface area contributed by atoms with Crippen molar-refractivity contribution in [3.8, 4) is 11.1 Å². The van der Waals surface area contributed by atoms with Crippen molar-refractivity contribution in [2.24, 2.45) is 0 Å². The molecule has 0 bridgehead atoms. The number of hydrogen-bond donors (Lipinski definition) is 0. The second-order valence-electron chi connectivity index (χ2n) is 10.8. The van der Waals surface area contributed by atoms with Crippen LogP contribution in [-0.4, -0.2) is 0 Å². The third-order valence-electron chi connectivity index (χ3n) is 8.11. The van der Waals surface area contributed by atoms with Gasteiger partial charge in [0.05, 0.1) is 24.7 Å². The van der Waals surface area contributed by atoms with Crippen LogP contribution in [0.25, 0.3) is 74.8 Å². The minimum atomic E-state index is -0.732. The van der Waals surface area contributed by atoms with Crippen molar-refractivity contribution < 1.29 is 29.1 Å². The van der Waals surface area contributed by atoms with Crippen LogP contribution in [0.2, 0.25) is 0 Å². The van der Waals surface area contributed by atoms with Crippen molar-refractivity contribution in [2.75, 3.05) is 4.90 Å². The van der Waals surface area contributed by atoms with Crippen LogP contribution in [0.3, 0.4) is 0 Å². The van der Waals surface area contributed by atoms with Crippen molar-refractivity contribution in [3.63, 3.8) is 0 Å². The number of hydrogen-bond acceptors (Lipinski definition) is 3. The number of para-hydroxylation sites is 2. The van der Waals surface area contributed by atoms with Crippen molar-refractivity contribution in [3.05, 3.63) is 163 Å². The molecule has 2 aromatic heterocycles. The molecule has 0 atom stereocenters. The monoisotopic (exact) mass is 635 g/mol. The van der Waals surface area contributed by atoms with Gasteiger partial charge in [0.25, 0.3) is 0 Å². The molecule has 0 unspecified atom stereocenters. The Bertz CT molecular complexity index is 3810. The van der Waals surface area contributed by atoms with E-state index in [0.717, 1.165) is 16.2 Å². The maximum Gasteiger partial charge on any atom is 0.136 e. The molecule has 0 amide bonds. The fourth-order valence-corrected chi connectivity index (χ4v) is 7.01. The Labute approximate surface area is 300 Å². The number of furan rings is 1. The summed E-state index contributed by atoms with van der Waals surface area (Å²) in [6, 6.07) is 5.36. The Morgan fingerprint density at radius 1 is 0.511 bits per heavy atom. The van der Waals surface area contributed by atoms with Gasteiger partial charge in [-0.25, -0.2) is 0 Å². The molecule has 0 fully saturated rings. The van der Waals surface area contributed by atoms with E-state index in [-0.39, 0.29) is 94.3 Å². The van der Waals surface area contributed by atoms with Gasteiger partial charge in [-0.1, -0.05) is 103 Å². The molecular weight excluding hydrogens is 591 g/mol. The van der Waals surface area contributed by atoms with Crippen molar-refractivity contribution in [2.45, 2.75) is 0 Å². The van der Waals surface area contributed by atoms with Crippen LogP contribution in [-0.2, 0) is 0 Å². The van der Waals surface area contributed by atoms with Crippen LogP contribution < -0.4 is 4.90 Å². The molecule has 10 aromatic rings. The lowest BCUT2D eigenvalue weighted by Gasteiger charge is -2.27. The van der Waals surface area contributed by atoms with Crippen LogP contribution >= 0.6 is 11.3 Å². The number of rotatable bonds is 4. The number of benzene rings is 8. The van der Waals surface area contributed by atoms with Gasteiger partial charge in [-0.05, 0) is 93.2 Å². The minimum absolute atomic E-state index is 0.0113. The van der Waals surface area contributed by atoms with Gasteiger partial charge in [0.1, 0.15) is 11.2 Å². The lowest BCUT2D eigenvalue weighted by molar-refractivity contribution is 0.669. The normalized spacial score (nSPS) is 17.2. The summed E-state index contributed by atoms with van der Waals surface area (Å²) >= 11 is 0.804. The average molecular weight is 636 g/mol. The third kappa shape index (κ3) is 4.17. The molecule has 8 aromatic carbocycles. The summed E-state index contributed by atoms with van der Waals surface area (Å²) in [7, 11) is 0. The Kier molecular flexibility index (Phi) is 3.13. The zero-order valence-corrected chi connectivity index (χ0v) is 24.8. The molecule has 2 nitrogen and oxygen atoms in total. The smallest absolute Gasteiger partial charge is 0.136 e. The Morgan fingerprint density at radius 3 is 2.30 bits per heavy atom. The molecule has 47 heavy (non-hydrogen) atoms. The van der Waals surface area contributed by atoms with Gasteiger partial charge < -0.3 is 9.32 Å². The van der Waals surface area contributed by atoms with E-state index in [2.05, 4.69) is 0 Å². The largest absolute Gasteiger partial charge is 0.456 e. The van der Waals surface area contributed by atoms with Crippen LogP contribution in [0.4, 0.5) is 17.1 Å². The van der Waals surface area contributed by atoms with Gasteiger partial charge in [0, 0.05) is 48.0 Å². The first-order valence-electron chi connectivity index (χ1n) is 23.5. The molecule has 0 aliphatic carbocycles. The van der Waals surface area contributed by atoms with Crippen LogP contribution in [0.5, 0.6) is 0 Å². The highest BCUT2D eigenvalue weighted by Crippen LogP contribution is 2.44. The van der Waals surface area contributed by atoms with E-state index in [9.17, 15) is 5.48 Å². The van der Waals surface area contributed by atoms with Crippen molar-refractivity contribution >= 4 is 92.1 Å². The maximum atomic E-state index is 9.82. The molecule has 0 saturated carbocycles. The van der Waals surface area contributed by atoms with Gasteiger partial charge in [0.2, 0.25) is 0 Å². The fraction of sp³-hybridized carbons (Fsp3) is 0. The molecular formula is C44H27NOS. The molecule has 0 aliphatic heterocycles. The summed E-state index contributed by atoms with van der Waals surface area (Å²) in [6.45, 7) is 0. The first-order chi connectivity index (χ1) is 30.8. The number of anilines is 3. The molecule has 220 valence electrons. The quantitative estimate of drug-likeness (QED) is 0.191. The number of fused-ring (bicyclic) bond motifs is 9. The summed E-state index contributed by atoms with van der Waals surface area (Å²) < 4.78 is 165. The summed E-state index contributed by atoms with van der Waals surface area (Å²) in [6.07, 6.45) is 0. The second-order valence-corrected chi connectivity index (χ2v) is 11.8. The number of thiophene rings is 1. The molecule has 0 radical (unpaired) electrons. The Balaban J connectivity index is 1.35. The maximum absolute atomic E-state index is 9.82. The predicted octanol–water partition coefficient (Wildman–Crippen LogP) is 13.4. The summed E-state index contributed by atoms with van der Waals surface area (Å²) in [5.41, 5.74) is -0.400. The highest BCUT2D eigenvalue weighted by molar-refractivity contribution is 7.25. The summed E-state index contributed by atoms with van der Waals surface area (Å²) in [5.74, 6) is 0. The lowest BCUT2D eigenvalue weighted by Crippen LogP contribution is -2.10. The Hall–Kier alpha value is -5.90. The molecule has 0 saturated heterocycles. The van der Waals surface area contributed by atoms with Gasteiger partial charge >= 0.3 is 0 Å². The molecule has 2 heterocycles. The van der Waals surface area contributed by atoms with E-state index in [4.69, 9.17) is 23.6 Å². The zero-order chi connectivity index (χ0) is 46.6. The van der Waals surface area contributed by atoms with E-state index in [1.807, 2.05) is 0 Å². The van der Waals surface area contributed by atoms with Gasteiger partial charge in [-0.15, -0.1) is 11.3 Å². The molecule has 0 aliphatic rings. The van der Waals surface area contributed by atoms with Crippen LogP contribution in [0, 0.1) is 0 Å². The van der Waals surface area contributed by atoms with Gasteiger partial charge in [-0.2, -0.15) is 0 Å². The molecule has 10 rings (SSSR count). The van der Waals surface area contributed by atoms with E-state index in [1.165, 1.54) is 18.2 Å². The second kappa shape index (κ2) is 10.3. The first kappa shape index (κ1) is 14.3. The Morgan fingerprint density at radius 2 is 1.34 bits per heavy atom. The van der Waals surface area contributed by atoms with Gasteiger partial charge in [0.15, 0.2) is 0 Å². The van der Waals surface area contributed by atoms with E-state index in [0.29, 0.717) is 16.3 Å². The topological polar surface area (TPSA) is 16.4 Å². The van der Waals surface area contributed by atoms with Crippen LogP contribution in [0.1, 0.15) is 24.7 Å². The van der Waals surface area contributed by atoms with Crippen molar-refractivity contribution in [1.82, 2.24) is 0 Å². The SMILES string of the molecule is [2H]c1cc2oc3c([2H])c([2H])c4ccc(-c5cc(N(c6c([2H])c([2H])c([2H])c([2H])c6[2H])c6c([2H])c([2H])c7c(sc8c([2H])c([2H])c([2H])c([2H])c87)c6[2H])cc6ccccc56)c([2H])c4c3c2c([2H])c1[2H]. The average Bonchev–Trinajstić information content (AvgIpc) is 3.89. The lowest BCUT2D eigenvalue weighted by atomic mass is 9.94. The van der Waals surface area contributed by atoms with E-state index < -0.39 is 89.9 Å². The highest BCUT2D eigenvalue weighted by Gasteiger charge is 2.18. The van der Waals surface area contributed by atoms with E-state index >= 15 is 0 Å². The molecule has 0 N–H and O–H groups in total. The summed E-state index contributed by atoms with van der Waals surface area (Å²) in [4.78, 5) is 1.12. The third-order valence-corrected chi connectivity index (χ3v) is 9.13. The van der Waals surface area contributed by atoms with E-state index in [1.54, 1.807) is 36.4 Å². The minimum Gasteiger partial charge on any atom is -0.456 e. The van der Waals surface area contributed by atoms with Gasteiger partial charge in [-0.3, -0.25) is 0 Å². The summed E-state index contributed by atoms with van der Waals surface area (Å²) in [5, 5.41) is 1.40. The van der Waals surface area contributed by atoms with Crippen LogP contribution in [0.15, 0.2) is 168 Å². The zero-order valence-electron chi connectivity index (χ0n) is 42.0. The standard InChI is InChI=1S/C44H27NOS/c1-2-11-31(12-3-1)45(32-21-22-36-35-14-7-9-17-42(35)47-43(36)27-32)33-24-29-10-4-5-13-34(29)38(26-33)30-19-18-28-20-23-41-44(39(28)25-30)37-15-6-8-16-40(37)46-41/h1-27H/i1D,2D,3D,6D,7D,8D,9D,11D,12D,14D,15D,17D,20D,21D,22D,23D,25D,27D. The highest BCUT2D eigenvalue weighted by atomic mass is 32.1. The fourth-order valence-electron chi connectivity index (χ4n) is 6.05. The predicted molar refractivity (Wildman–Crippen MR) is 202 cm³/mol. The first-order valence-corrected chi connectivity index (χ1v) is 15.3.